The van der Waals surface area contributed by atoms with Gasteiger partial charge in [-0.25, -0.2) is 9.97 Å². The van der Waals surface area contributed by atoms with Crippen molar-refractivity contribution in [1.29, 1.82) is 0 Å². The van der Waals surface area contributed by atoms with Crippen LogP contribution in [0.15, 0.2) is 6.20 Å². The molecule has 0 bridgehead atoms. The van der Waals surface area contributed by atoms with E-state index in [2.05, 4.69) is 33.9 Å². The zero-order valence-corrected chi connectivity index (χ0v) is 11.4. The molecule has 0 amide bonds. The Balaban J connectivity index is 2.11. The smallest absolute Gasteiger partial charge is 0.137 e. The largest absolute Gasteiger partial charge is 0.391 e. The highest BCUT2D eigenvalue weighted by atomic mass is 16.3. The van der Waals surface area contributed by atoms with Gasteiger partial charge >= 0.3 is 0 Å². The number of anilines is 1. The molecule has 100 valence electrons. The molecule has 2 heterocycles. The Labute approximate surface area is 108 Å². The van der Waals surface area contributed by atoms with E-state index in [0.717, 1.165) is 43.1 Å². The van der Waals surface area contributed by atoms with Crippen molar-refractivity contribution in [3.05, 3.63) is 17.6 Å². The van der Waals surface area contributed by atoms with Gasteiger partial charge in [-0.3, -0.25) is 0 Å². The first-order chi connectivity index (χ1) is 8.61. The molecule has 5 heteroatoms. The van der Waals surface area contributed by atoms with Crippen molar-refractivity contribution >= 4 is 5.82 Å². The molecular weight excluding hydrogens is 228 g/mol. The van der Waals surface area contributed by atoms with Crippen molar-refractivity contribution in [2.75, 3.05) is 32.1 Å². The second kappa shape index (κ2) is 5.63. The fraction of sp³-hybridized carbons (Fsp3) is 0.692. The second-order valence-electron chi connectivity index (χ2n) is 5.11. The summed E-state index contributed by atoms with van der Waals surface area (Å²) >= 11 is 0. The topological polar surface area (TPSA) is 52.5 Å². The van der Waals surface area contributed by atoms with Crippen LogP contribution >= 0.6 is 0 Å². The van der Waals surface area contributed by atoms with Gasteiger partial charge in [-0.15, -0.1) is 0 Å². The monoisotopic (exact) mass is 250 g/mol. The first kappa shape index (κ1) is 13.2. The van der Waals surface area contributed by atoms with E-state index in [1.165, 1.54) is 0 Å². The minimum atomic E-state index is 0.00320. The molecule has 1 N–H and O–H groups in total. The minimum absolute atomic E-state index is 0.00320. The van der Waals surface area contributed by atoms with Crippen molar-refractivity contribution in [2.24, 2.45) is 0 Å². The lowest BCUT2D eigenvalue weighted by molar-refractivity contribution is 0.248. The van der Waals surface area contributed by atoms with E-state index in [-0.39, 0.29) is 6.61 Å². The van der Waals surface area contributed by atoms with E-state index in [0.29, 0.717) is 6.04 Å². The average molecular weight is 250 g/mol. The van der Waals surface area contributed by atoms with Gasteiger partial charge in [-0.1, -0.05) is 0 Å². The highest BCUT2D eigenvalue weighted by molar-refractivity contribution is 5.46. The Bertz CT molecular complexity index is 400. The van der Waals surface area contributed by atoms with Gasteiger partial charge in [0.15, 0.2) is 0 Å². The number of aryl methyl sites for hydroxylation is 1. The molecule has 1 aliphatic heterocycles. The fourth-order valence-corrected chi connectivity index (χ4v) is 2.46. The summed E-state index contributed by atoms with van der Waals surface area (Å²) in [5, 5.41) is 9.37. The van der Waals surface area contributed by atoms with Crippen molar-refractivity contribution < 1.29 is 5.11 Å². The third-order valence-corrected chi connectivity index (χ3v) is 3.63. The third-order valence-electron chi connectivity index (χ3n) is 3.63. The molecule has 1 fully saturated rings. The van der Waals surface area contributed by atoms with Crippen LogP contribution in [0.1, 0.15) is 24.2 Å². The lowest BCUT2D eigenvalue weighted by Gasteiger charge is -2.36. The highest BCUT2D eigenvalue weighted by Gasteiger charge is 2.23. The van der Waals surface area contributed by atoms with Crippen LogP contribution in [0.5, 0.6) is 0 Å². The van der Waals surface area contributed by atoms with Crippen molar-refractivity contribution in [3.8, 4) is 0 Å². The van der Waals surface area contributed by atoms with Gasteiger partial charge in [0.2, 0.25) is 0 Å². The predicted octanol–water partition coefficient (Wildman–Crippen LogP) is 0.808. The van der Waals surface area contributed by atoms with Crippen LogP contribution in [0.25, 0.3) is 0 Å². The SMILES string of the molecule is Cc1ncc(CO)c(N2CCC(N(C)C)CC2)n1. The number of aliphatic hydroxyl groups is 1. The van der Waals surface area contributed by atoms with Crippen LogP contribution in [0, 0.1) is 6.92 Å². The number of hydrogen-bond acceptors (Lipinski definition) is 5. The van der Waals surface area contributed by atoms with Crippen LogP contribution in [0.3, 0.4) is 0 Å². The molecule has 0 spiro atoms. The molecule has 0 unspecified atom stereocenters. The molecule has 0 radical (unpaired) electrons. The van der Waals surface area contributed by atoms with E-state index in [1.807, 2.05) is 6.92 Å². The van der Waals surface area contributed by atoms with E-state index < -0.39 is 0 Å². The summed E-state index contributed by atoms with van der Waals surface area (Å²) in [6.45, 7) is 3.87. The number of hydrogen-bond donors (Lipinski definition) is 1. The van der Waals surface area contributed by atoms with Crippen molar-refractivity contribution in [1.82, 2.24) is 14.9 Å². The molecule has 0 aliphatic carbocycles. The predicted molar refractivity (Wildman–Crippen MR) is 71.6 cm³/mol. The van der Waals surface area contributed by atoms with Gasteiger partial charge in [-0.05, 0) is 33.9 Å². The van der Waals surface area contributed by atoms with E-state index >= 15 is 0 Å². The first-order valence-electron chi connectivity index (χ1n) is 6.46. The summed E-state index contributed by atoms with van der Waals surface area (Å²) in [6, 6.07) is 0.654. The number of nitrogens with zero attached hydrogens (tertiary/aromatic N) is 4. The number of aromatic nitrogens is 2. The Morgan fingerprint density at radius 2 is 2.06 bits per heavy atom. The number of piperidine rings is 1. The average Bonchev–Trinajstić information content (AvgIpc) is 2.39. The molecule has 1 aromatic heterocycles. The van der Waals surface area contributed by atoms with Gasteiger partial charge in [0.25, 0.3) is 0 Å². The van der Waals surface area contributed by atoms with Crippen LogP contribution in [-0.2, 0) is 6.61 Å². The van der Waals surface area contributed by atoms with E-state index in [4.69, 9.17) is 0 Å². The lowest BCUT2D eigenvalue weighted by atomic mass is 10.0. The summed E-state index contributed by atoms with van der Waals surface area (Å²) in [6.07, 6.45) is 4.01. The van der Waals surface area contributed by atoms with Gasteiger partial charge in [-0.2, -0.15) is 0 Å². The Morgan fingerprint density at radius 1 is 1.39 bits per heavy atom. The standard InChI is InChI=1S/C13H22N4O/c1-10-14-8-11(9-18)13(15-10)17-6-4-12(5-7-17)16(2)3/h8,12,18H,4-7,9H2,1-3H3. The van der Waals surface area contributed by atoms with Crippen LogP contribution in [0.2, 0.25) is 0 Å². The fourth-order valence-electron chi connectivity index (χ4n) is 2.46. The van der Waals surface area contributed by atoms with Crippen molar-refractivity contribution in [3.63, 3.8) is 0 Å². The molecule has 2 rings (SSSR count). The molecule has 18 heavy (non-hydrogen) atoms. The first-order valence-corrected chi connectivity index (χ1v) is 6.46. The molecule has 1 aromatic rings. The molecule has 0 aromatic carbocycles. The molecule has 5 nitrogen and oxygen atoms in total. The van der Waals surface area contributed by atoms with Crippen molar-refractivity contribution in [2.45, 2.75) is 32.4 Å². The number of aliphatic hydroxyl groups excluding tert-OH is 1. The number of rotatable bonds is 3. The zero-order chi connectivity index (χ0) is 13.1. The summed E-state index contributed by atoms with van der Waals surface area (Å²) in [7, 11) is 4.27. The normalized spacial score (nSPS) is 17.5. The summed E-state index contributed by atoms with van der Waals surface area (Å²) in [5.41, 5.74) is 0.823. The Kier molecular flexibility index (Phi) is 4.14. The molecule has 0 saturated carbocycles. The zero-order valence-electron chi connectivity index (χ0n) is 11.4. The highest BCUT2D eigenvalue weighted by Crippen LogP contribution is 2.23. The van der Waals surface area contributed by atoms with Gasteiger partial charge in [0, 0.05) is 30.9 Å². The van der Waals surface area contributed by atoms with Crippen LogP contribution in [0.4, 0.5) is 5.82 Å². The quantitative estimate of drug-likeness (QED) is 0.860. The second-order valence-corrected chi connectivity index (χ2v) is 5.11. The van der Waals surface area contributed by atoms with Gasteiger partial charge < -0.3 is 14.9 Å². The lowest BCUT2D eigenvalue weighted by Crippen LogP contribution is -2.42. The minimum Gasteiger partial charge on any atom is -0.391 e. The van der Waals surface area contributed by atoms with E-state index in [9.17, 15) is 5.11 Å². The Morgan fingerprint density at radius 3 is 2.61 bits per heavy atom. The maximum Gasteiger partial charge on any atom is 0.137 e. The van der Waals surface area contributed by atoms with Gasteiger partial charge in [0.05, 0.1) is 6.61 Å². The third kappa shape index (κ3) is 2.79. The molecule has 0 atom stereocenters. The maximum absolute atomic E-state index is 9.37. The molecular formula is C13H22N4O. The Hall–Kier alpha value is -1.20. The molecule has 1 aliphatic rings. The summed E-state index contributed by atoms with van der Waals surface area (Å²) in [4.78, 5) is 13.2. The van der Waals surface area contributed by atoms with E-state index in [1.54, 1.807) is 6.20 Å². The molecule has 1 saturated heterocycles. The summed E-state index contributed by atoms with van der Waals surface area (Å²) < 4.78 is 0. The maximum atomic E-state index is 9.37. The van der Waals surface area contributed by atoms with Crippen LogP contribution < -0.4 is 4.90 Å². The van der Waals surface area contributed by atoms with Gasteiger partial charge in [0.1, 0.15) is 11.6 Å². The van der Waals surface area contributed by atoms with Crippen LogP contribution in [-0.4, -0.2) is 53.2 Å². The summed E-state index contributed by atoms with van der Waals surface area (Å²) in [5.74, 6) is 1.67.